The minimum atomic E-state index is 0.0268. The van der Waals surface area contributed by atoms with E-state index < -0.39 is 0 Å². The van der Waals surface area contributed by atoms with E-state index in [4.69, 9.17) is 0 Å². The molecule has 0 N–H and O–H groups in total. The second kappa shape index (κ2) is 19.2. The van der Waals surface area contributed by atoms with Crippen LogP contribution in [0.15, 0.2) is 255 Å². The van der Waals surface area contributed by atoms with Gasteiger partial charge in [-0.1, -0.05) is 218 Å². The molecule has 76 heavy (non-hydrogen) atoms. The van der Waals surface area contributed by atoms with Crippen molar-refractivity contribution in [1.82, 2.24) is 9.13 Å². The van der Waals surface area contributed by atoms with Crippen LogP contribution < -0.4 is 0 Å². The zero-order chi connectivity index (χ0) is 51.3. The molecule has 10 aromatic carbocycles. The van der Waals surface area contributed by atoms with Crippen LogP contribution in [0.1, 0.15) is 44.8 Å². The number of hydrogen-bond acceptors (Lipinski definition) is 2. The van der Waals surface area contributed by atoms with Gasteiger partial charge in [-0.3, -0.25) is 9.59 Å². The lowest BCUT2D eigenvalue weighted by Crippen LogP contribution is -2.05. The minimum Gasteiger partial charge on any atom is -0.344 e. The van der Waals surface area contributed by atoms with Crippen molar-refractivity contribution in [3.63, 3.8) is 0 Å². The van der Waals surface area contributed by atoms with E-state index in [0.29, 0.717) is 0 Å². The summed E-state index contributed by atoms with van der Waals surface area (Å²) >= 11 is 0. The van der Waals surface area contributed by atoms with Gasteiger partial charge < -0.3 is 9.13 Å². The van der Waals surface area contributed by atoms with E-state index >= 15 is 0 Å². The van der Waals surface area contributed by atoms with Crippen LogP contribution in [0, 0.1) is 0 Å². The molecule has 0 amide bonds. The van der Waals surface area contributed by atoms with Crippen molar-refractivity contribution >= 4 is 111 Å². The summed E-state index contributed by atoms with van der Waals surface area (Å²) in [6.07, 6.45) is 15.6. The average molecular weight is 975 g/mol. The molecule has 0 saturated carbocycles. The summed E-state index contributed by atoms with van der Waals surface area (Å²) in [6, 6.07) is 75.9. The van der Waals surface area contributed by atoms with Crippen LogP contribution in [0.2, 0.25) is 0 Å². The summed E-state index contributed by atoms with van der Waals surface area (Å²) in [4.78, 5) is 27.0. The lowest BCUT2D eigenvalue weighted by Gasteiger charge is -2.13. The molecule has 2 aliphatic rings. The van der Waals surface area contributed by atoms with Gasteiger partial charge in [0.2, 0.25) is 0 Å². The molecule has 2 aliphatic carbocycles. The van der Waals surface area contributed by atoms with Crippen LogP contribution >= 0.6 is 0 Å². The van der Waals surface area contributed by atoms with E-state index in [1.54, 1.807) is 12.2 Å². The molecule has 0 aliphatic heterocycles. The molecular weight excluding hydrogens is 925 g/mol. The van der Waals surface area contributed by atoms with Gasteiger partial charge in [0.05, 0.1) is 0 Å². The Morgan fingerprint density at radius 2 is 0.645 bits per heavy atom. The number of hydrogen-bond donors (Lipinski definition) is 0. The average Bonchev–Trinajstić information content (AvgIpc) is 4.09. The Morgan fingerprint density at radius 3 is 1.01 bits per heavy atom. The maximum Gasteiger partial charge on any atom is 0.186 e. The van der Waals surface area contributed by atoms with Crippen molar-refractivity contribution in [2.24, 2.45) is 14.1 Å². The number of aromatic nitrogens is 2. The van der Waals surface area contributed by atoms with Crippen LogP contribution in [0.3, 0.4) is 0 Å². The maximum atomic E-state index is 13.5. The molecule has 0 unspecified atom stereocenters. The number of allylic oxidation sites excluding steroid dienone is 8. The monoisotopic (exact) mass is 974 g/mol. The summed E-state index contributed by atoms with van der Waals surface area (Å²) < 4.78 is 4.42. The van der Waals surface area contributed by atoms with Crippen LogP contribution in [-0.4, -0.2) is 20.7 Å². The highest BCUT2D eigenvalue weighted by molar-refractivity contribution is 6.37. The second-order valence-electron chi connectivity index (χ2n) is 19.5. The molecule has 0 fully saturated rings. The van der Waals surface area contributed by atoms with E-state index in [2.05, 4.69) is 181 Å². The quantitative estimate of drug-likeness (QED) is 0.123. The van der Waals surface area contributed by atoms with Crippen molar-refractivity contribution < 1.29 is 9.59 Å². The number of ketones is 2. The van der Waals surface area contributed by atoms with E-state index in [-0.39, 0.29) is 11.6 Å². The van der Waals surface area contributed by atoms with Gasteiger partial charge in [-0.25, -0.2) is 0 Å². The van der Waals surface area contributed by atoms with E-state index in [9.17, 15) is 9.59 Å². The number of fused-ring (bicyclic) bond motifs is 14. The second-order valence-corrected chi connectivity index (χ2v) is 19.5. The Bertz CT molecular complexity index is 4150. The Kier molecular flexibility index (Phi) is 11.6. The van der Waals surface area contributed by atoms with Gasteiger partial charge in [0.15, 0.2) is 11.6 Å². The van der Waals surface area contributed by atoms with Gasteiger partial charge in [-0.2, -0.15) is 0 Å². The lowest BCUT2D eigenvalue weighted by molar-refractivity contribution is -0.110. The SMILES string of the molecule is Cn1c2c(c3c4c(ccc5ccccc54)ccc31)/C(=C\C=C(c1ccccc1)c1ccccc1)C(=O)C=C2.Cn1c2c(c3c4c(ccc5ccccc54)ccc31)/C(=C\C=C(c1ccccc1)c1ccccc1)C(=O)C=C2. The molecule has 4 heteroatoms. The molecule has 0 saturated heterocycles. The standard InChI is InChI=1S/2C36H25NO/c2*1-37-31-22-23-33(38)30(20-19-28(24-10-4-2-5-11-24)25-12-6-3-7-13-25)35(31)36-32(37)21-18-27-17-16-26-14-8-9-15-29(26)34(27)36/h2*2-23H,1H3/b2*30-20-. The first kappa shape index (κ1) is 45.9. The van der Waals surface area contributed by atoms with Crippen molar-refractivity contribution in [1.29, 1.82) is 0 Å². The third-order valence-electron chi connectivity index (χ3n) is 15.3. The van der Waals surface area contributed by atoms with Crippen LogP contribution in [0.5, 0.6) is 0 Å². The Hall–Kier alpha value is -9.90. The van der Waals surface area contributed by atoms with Gasteiger partial charge in [0.25, 0.3) is 0 Å². The number of nitrogens with zero attached hydrogens (tertiary/aromatic N) is 2. The smallest absolute Gasteiger partial charge is 0.186 e. The summed E-state index contributed by atoms with van der Waals surface area (Å²) in [5, 5.41) is 11.8. The highest BCUT2D eigenvalue weighted by Gasteiger charge is 2.28. The predicted molar refractivity (Wildman–Crippen MR) is 320 cm³/mol. The topological polar surface area (TPSA) is 44.0 Å². The van der Waals surface area contributed by atoms with Gasteiger partial charge in [0.1, 0.15) is 0 Å². The fraction of sp³-hybridized carbons (Fsp3) is 0.0278. The Labute approximate surface area is 441 Å². The summed E-state index contributed by atoms with van der Waals surface area (Å²) in [7, 11) is 4.18. The van der Waals surface area contributed by atoms with Crippen LogP contribution in [0.4, 0.5) is 0 Å². The molecule has 2 aromatic heterocycles. The molecular formula is C72H50N2O2. The summed E-state index contributed by atoms with van der Waals surface area (Å²) in [6.45, 7) is 0. The van der Waals surface area contributed by atoms with Gasteiger partial charge in [-0.05, 0) is 125 Å². The Balaban J connectivity index is 0.000000146. The number of aryl methyl sites for hydroxylation is 2. The number of carbonyl (C=O) groups excluding carboxylic acids is 2. The first-order valence-electron chi connectivity index (χ1n) is 25.8. The zero-order valence-electron chi connectivity index (χ0n) is 42.1. The molecule has 0 radical (unpaired) electrons. The molecule has 0 atom stereocenters. The van der Waals surface area contributed by atoms with Gasteiger partial charge in [-0.15, -0.1) is 0 Å². The summed E-state index contributed by atoms with van der Waals surface area (Å²) in [5.74, 6) is 0.0536. The normalized spacial score (nSPS) is 13.9. The maximum absolute atomic E-state index is 13.5. The van der Waals surface area contributed by atoms with Crippen molar-refractivity contribution in [3.05, 3.63) is 300 Å². The van der Waals surface area contributed by atoms with E-state index in [1.807, 2.05) is 97.1 Å². The third kappa shape index (κ3) is 7.87. The van der Waals surface area contributed by atoms with Crippen LogP contribution in [-0.2, 0) is 23.7 Å². The number of carbonyl (C=O) groups is 2. The highest BCUT2D eigenvalue weighted by Crippen LogP contribution is 2.44. The van der Waals surface area contributed by atoms with Gasteiger partial charge in [0, 0.05) is 69.6 Å². The molecule has 360 valence electrons. The number of rotatable bonds is 6. The molecule has 0 spiro atoms. The summed E-state index contributed by atoms with van der Waals surface area (Å²) in [5.41, 5.74) is 14.4. The Morgan fingerprint density at radius 1 is 0.329 bits per heavy atom. The molecule has 0 bridgehead atoms. The van der Waals surface area contributed by atoms with Crippen LogP contribution in [0.25, 0.3) is 99.3 Å². The first-order chi connectivity index (χ1) is 37.4. The molecule has 4 nitrogen and oxygen atoms in total. The van der Waals surface area contributed by atoms with Crippen molar-refractivity contribution in [2.45, 2.75) is 0 Å². The largest absolute Gasteiger partial charge is 0.344 e. The molecule has 12 aromatic rings. The third-order valence-corrected chi connectivity index (χ3v) is 15.3. The zero-order valence-corrected chi connectivity index (χ0v) is 42.1. The molecule has 2 heterocycles. The first-order valence-corrected chi connectivity index (χ1v) is 25.8. The minimum absolute atomic E-state index is 0.0268. The predicted octanol–water partition coefficient (Wildman–Crippen LogP) is 17.2. The van der Waals surface area contributed by atoms with Crippen molar-refractivity contribution in [3.8, 4) is 0 Å². The van der Waals surface area contributed by atoms with E-state index in [0.717, 1.165) is 88.9 Å². The van der Waals surface area contributed by atoms with Crippen molar-refractivity contribution in [2.75, 3.05) is 0 Å². The van der Waals surface area contributed by atoms with E-state index in [1.165, 1.54) is 43.1 Å². The lowest BCUT2D eigenvalue weighted by atomic mass is 9.89. The fourth-order valence-corrected chi connectivity index (χ4v) is 11.6. The fourth-order valence-electron chi connectivity index (χ4n) is 11.6. The number of benzene rings is 10. The van der Waals surface area contributed by atoms with Gasteiger partial charge >= 0.3 is 0 Å². The molecule has 14 rings (SSSR count). The highest BCUT2D eigenvalue weighted by atomic mass is 16.1.